The molecule has 0 amide bonds. The van der Waals surface area contributed by atoms with Crippen molar-refractivity contribution in [1.82, 2.24) is 0 Å². The molecule has 2 aromatic carbocycles. The highest BCUT2D eigenvalue weighted by molar-refractivity contribution is 5.92. The molecule has 0 unspecified atom stereocenters. The molecule has 0 spiro atoms. The van der Waals surface area contributed by atoms with Crippen molar-refractivity contribution in [2.75, 3.05) is 0 Å². The summed E-state index contributed by atoms with van der Waals surface area (Å²) in [7, 11) is 0. The Morgan fingerprint density at radius 3 is 2.53 bits per heavy atom. The third-order valence-corrected chi connectivity index (χ3v) is 4.57. The van der Waals surface area contributed by atoms with Crippen molar-refractivity contribution >= 4 is 16.3 Å². The van der Waals surface area contributed by atoms with E-state index in [1.165, 1.54) is 27.5 Å². The number of hydrogen-bond acceptors (Lipinski definition) is 0. The van der Waals surface area contributed by atoms with E-state index < -0.39 is 0 Å². The van der Waals surface area contributed by atoms with Crippen LogP contribution in [0.2, 0.25) is 0 Å². The third-order valence-electron chi connectivity index (χ3n) is 4.57. The molecule has 0 saturated heterocycles. The molecule has 2 aromatic rings. The molecule has 0 aromatic heterocycles. The molecule has 0 radical (unpaired) electrons. The van der Waals surface area contributed by atoms with Crippen LogP contribution in [-0.2, 0) is 6.42 Å². The summed E-state index contributed by atoms with van der Waals surface area (Å²) in [5, 5.41) is 2.73. The van der Waals surface area contributed by atoms with Crippen LogP contribution >= 0.6 is 0 Å². The van der Waals surface area contributed by atoms with Crippen LogP contribution in [0.25, 0.3) is 16.3 Å². The van der Waals surface area contributed by atoms with Crippen LogP contribution in [0.15, 0.2) is 54.1 Å². The zero-order valence-electron chi connectivity index (χ0n) is 11.5. The van der Waals surface area contributed by atoms with Crippen LogP contribution in [0.5, 0.6) is 0 Å². The molecule has 0 heterocycles. The predicted molar refractivity (Wildman–Crippen MR) is 82.1 cm³/mol. The van der Waals surface area contributed by atoms with Crippen LogP contribution in [-0.4, -0.2) is 0 Å². The van der Waals surface area contributed by atoms with Gasteiger partial charge in [0.05, 0.1) is 0 Å². The average Bonchev–Trinajstić information content (AvgIpc) is 2.74. The predicted octanol–water partition coefficient (Wildman–Crippen LogP) is 5.14. The Morgan fingerprint density at radius 2 is 1.74 bits per heavy atom. The summed E-state index contributed by atoms with van der Waals surface area (Å²) in [4.78, 5) is 0. The minimum Gasteiger partial charge on any atom is -0.0834 e. The molecule has 19 heavy (non-hydrogen) atoms. The number of rotatable bonds is 0. The molecular formula is C19H18. The lowest BCUT2D eigenvalue weighted by Gasteiger charge is -2.30. The molecule has 2 aliphatic rings. The molecule has 0 atom stereocenters. The Kier molecular flexibility index (Phi) is 2.09. The summed E-state index contributed by atoms with van der Waals surface area (Å²) in [6, 6.07) is 13.5. The van der Waals surface area contributed by atoms with Gasteiger partial charge in [-0.05, 0) is 57.4 Å². The maximum atomic E-state index is 2.40. The smallest absolute Gasteiger partial charge is 0.00165 e. The van der Waals surface area contributed by atoms with Gasteiger partial charge in [-0.3, -0.25) is 0 Å². The zero-order chi connectivity index (χ0) is 13.0. The average molecular weight is 246 g/mol. The lowest BCUT2D eigenvalue weighted by atomic mass is 9.74. The normalized spacial score (nSPS) is 19.7. The van der Waals surface area contributed by atoms with E-state index in [2.05, 4.69) is 62.4 Å². The van der Waals surface area contributed by atoms with Gasteiger partial charge in [0.25, 0.3) is 0 Å². The van der Waals surface area contributed by atoms with E-state index in [4.69, 9.17) is 0 Å². The first-order valence-electron chi connectivity index (χ1n) is 7.07. The van der Waals surface area contributed by atoms with Crippen molar-refractivity contribution < 1.29 is 0 Å². The van der Waals surface area contributed by atoms with E-state index >= 15 is 0 Å². The first-order chi connectivity index (χ1) is 9.15. The second-order valence-electron chi connectivity index (χ2n) is 6.42. The molecular weight excluding hydrogens is 228 g/mol. The highest BCUT2D eigenvalue weighted by atomic mass is 14.4. The van der Waals surface area contributed by atoms with Gasteiger partial charge >= 0.3 is 0 Å². The second-order valence-corrected chi connectivity index (χ2v) is 6.42. The van der Waals surface area contributed by atoms with E-state index in [1.807, 2.05) is 0 Å². The summed E-state index contributed by atoms with van der Waals surface area (Å²) < 4.78 is 0. The summed E-state index contributed by atoms with van der Waals surface area (Å²) in [6.45, 7) is 4.74. The summed E-state index contributed by atoms with van der Waals surface area (Å²) >= 11 is 0. The fourth-order valence-electron chi connectivity index (χ4n) is 3.67. The number of hydrogen-bond donors (Lipinski definition) is 0. The molecule has 94 valence electrons. The Bertz CT molecular complexity index is 742. The van der Waals surface area contributed by atoms with Crippen LogP contribution < -0.4 is 0 Å². The lowest BCUT2D eigenvalue weighted by molar-refractivity contribution is 0.504. The van der Waals surface area contributed by atoms with Crippen LogP contribution in [0, 0.1) is 5.41 Å². The van der Waals surface area contributed by atoms with Crippen LogP contribution in [0.3, 0.4) is 0 Å². The van der Waals surface area contributed by atoms with E-state index in [0.29, 0.717) is 0 Å². The maximum absolute atomic E-state index is 2.40. The van der Waals surface area contributed by atoms with Crippen molar-refractivity contribution in [3.63, 3.8) is 0 Å². The van der Waals surface area contributed by atoms with Crippen molar-refractivity contribution in [1.29, 1.82) is 0 Å². The third kappa shape index (κ3) is 1.53. The summed E-state index contributed by atoms with van der Waals surface area (Å²) in [5.41, 5.74) is 6.38. The molecule has 2 aliphatic carbocycles. The number of benzene rings is 2. The zero-order valence-corrected chi connectivity index (χ0v) is 11.5. The SMILES string of the molecule is CC1(C)CC=CC2=C1c1cc3ccccc3cc1C2. The molecule has 4 rings (SSSR count). The van der Waals surface area contributed by atoms with Crippen molar-refractivity contribution in [3.8, 4) is 0 Å². The van der Waals surface area contributed by atoms with Crippen LogP contribution in [0.4, 0.5) is 0 Å². The molecule has 0 bridgehead atoms. The van der Waals surface area contributed by atoms with Gasteiger partial charge in [-0.1, -0.05) is 56.3 Å². The molecule has 0 aliphatic heterocycles. The Labute approximate surface area is 114 Å². The minimum absolute atomic E-state index is 0.276. The maximum Gasteiger partial charge on any atom is -0.00165 e. The topological polar surface area (TPSA) is 0 Å². The molecule has 0 heteroatoms. The Hall–Kier alpha value is -1.82. The molecule has 0 nitrogen and oxygen atoms in total. The minimum atomic E-state index is 0.276. The van der Waals surface area contributed by atoms with E-state index in [0.717, 1.165) is 12.8 Å². The highest BCUT2D eigenvalue weighted by Crippen LogP contribution is 2.49. The van der Waals surface area contributed by atoms with Crippen molar-refractivity contribution in [3.05, 3.63) is 65.3 Å². The first-order valence-corrected chi connectivity index (χ1v) is 7.07. The van der Waals surface area contributed by atoms with Gasteiger partial charge in [0.1, 0.15) is 0 Å². The van der Waals surface area contributed by atoms with Gasteiger partial charge in [0, 0.05) is 0 Å². The highest BCUT2D eigenvalue weighted by Gasteiger charge is 2.33. The van der Waals surface area contributed by atoms with Gasteiger partial charge in [-0.15, -0.1) is 0 Å². The second kappa shape index (κ2) is 3.60. The fraction of sp³-hybridized carbons (Fsp3) is 0.263. The fourth-order valence-corrected chi connectivity index (χ4v) is 3.67. The van der Waals surface area contributed by atoms with Gasteiger partial charge in [0.15, 0.2) is 0 Å². The molecule has 0 N–H and O–H groups in total. The first kappa shape index (κ1) is 11.0. The summed E-state index contributed by atoms with van der Waals surface area (Å²) in [5.74, 6) is 0. The van der Waals surface area contributed by atoms with Crippen molar-refractivity contribution in [2.24, 2.45) is 5.41 Å². The monoisotopic (exact) mass is 246 g/mol. The van der Waals surface area contributed by atoms with E-state index in [-0.39, 0.29) is 5.41 Å². The molecule has 0 fully saturated rings. The molecule has 0 saturated carbocycles. The van der Waals surface area contributed by atoms with Gasteiger partial charge in [-0.2, -0.15) is 0 Å². The van der Waals surface area contributed by atoms with Gasteiger partial charge in [-0.25, -0.2) is 0 Å². The number of allylic oxidation sites excluding steroid dienone is 4. The quantitative estimate of drug-likeness (QED) is 0.604. The largest absolute Gasteiger partial charge is 0.0834 e. The van der Waals surface area contributed by atoms with Gasteiger partial charge < -0.3 is 0 Å². The van der Waals surface area contributed by atoms with Crippen molar-refractivity contribution in [2.45, 2.75) is 26.7 Å². The van der Waals surface area contributed by atoms with E-state index in [1.54, 1.807) is 5.57 Å². The van der Waals surface area contributed by atoms with Gasteiger partial charge in [0.2, 0.25) is 0 Å². The van der Waals surface area contributed by atoms with Crippen LogP contribution in [0.1, 0.15) is 31.4 Å². The Balaban J connectivity index is 2.00. The Morgan fingerprint density at radius 1 is 1.00 bits per heavy atom. The lowest BCUT2D eigenvalue weighted by Crippen LogP contribution is -2.15. The standard InChI is InChI=1S/C19H18/c1-19(2)9-5-8-15-11-16-10-13-6-3-4-7-14(13)12-17(16)18(15)19/h3-8,10,12H,9,11H2,1-2H3. The number of fused-ring (bicyclic) bond motifs is 3. The van der Waals surface area contributed by atoms with E-state index in [9.17, 15) is 0 Å². The summed E-state index contributed by atoms with van der Waals surface area (Å²) in [6.07, 6.45) is 6.93.